The maximum absolute atomic E-state index is 6.78. The van der Waals surface area contributed by atoms with Gasteiger partial charge in [-0.15, -0.1) is 0 Å². The molecule has 0 fully saturated rings. The summed E-state index contributed by atoms with van der Waals surface area (Å²) in [5.41, 5.74) is 0. The maximum atomic E-state index is 6.78. The van der Waals surface area contributed by atoms with Gasteiger partial charge in [0.05, 0.1) is 0 Å². The zero-order chi connectivity index (χ0) is 30.4. The molecular formula is C24H62O9Si6. The minimum atomic E-state index is -2.56. The predicted molar refractivity (Wildman–Crippen MR) is 175 cm³/mol. The second-order valence-electron chi connectivity index (χ2n) is 12.7. The molecule has 0 saturated carbocycles. The van der Waals surface area contributed by atoms with Gasteiger partial charge in [0, 0.05) is 68.0 Å². The fourth-order valence-electron chi connectivity index (χ4n) is 5.02. The largest absolute Gasteiger partial charge is 0.499 e. The van der Waals surface area contributed by atoms with E-state index >= 15 is 0 Å². The van der Waals surface area contributed by atoms with Gasteiger partial charge in [-0.2, -0.15) is 0 Å². The van der Waals surface area contributed by atoms with Crippen LogP contribution in [0.4, 0.5) is 0 Å². The lowest BCUT2D eigenvalue weighted by molar-refractivity contribution is 0.124. The fraction of sp³-hybridized carbons (Fsp3) is 1.00. The summed E-state index contributed by atoms with van der Waals surface area (Å²) in [5.74, 6) is 0. The van der Waals surface area contributed by atoms with Crippen molar-refractivity contribution in [3.05, 3.63) is 0 Å². The second kappa shape index (κ2) is 17.9. The van der Waals surface area contributed by atoms with E-state index in [0.29, 0.717) is 0 Å². The summed E-state index contributed by atoms with van der Waals surface area (Å²) in [6.07, 6.45) is 2.08. The van der Waals surface area contributed by atoms with Crippen LogP contribution in [0.1, 0.15) is 12.8 Å². The Hall–Kier alpha value is 0.941. The first-order valence-corrected chi connectivity index (χ1v) is 30.5. The lowest BCUT2D eigenvalue weighted by Crippen LogP contribution is -2.48. The SMILES string of the molecule is CO[Si](CC[Si](C)(C)O[Si](C)(C)CCCOCCC[Si](C)(C)O[Si](C)(C)CC[Si](OC)(OC)OC)(OC)OC. The first-order valence-electron chi connectivity index (χ1n) is 14.2. The Bertz CT molecular complexity index is 589. The van der Waals surface area contributed by atoms with Crippen LogP contribution in [-0.2, 0) is 39.5 Å². The van der Waals surface area contributed by atoms with Crippen molar-refractivity contribution in [2.75, 3.05) is 55.9 Å². The minimum Gasteiger partial charge on any atom is -0.456 e. The molecule has 0 aliphatic heterocycles. The zero-order valence-electron chi connectivity index (χ0n) is 27.7. The van der Waals surface area contributed by atoms with Gasteiger partial charge in [-0.05, 0) is 89.4 Å². The molecule has 9 nitrogen and oxygen atoms in total. The van der Waals surface area contributed by atoms with Gasteiger partial charge in [0.15, 0.2) is 33.3 Å². The van der Waals surface area contributed by atoms with Crippen LogP contribution in [-0.4, -0.2) is 107 Å². The highest BCUT2D eigenvalue weighted by Crippen LogP contribution is 2.29. The number of rotatable bonds is 24. The van der Waals surface area contributed by atoms with Gasteiger partial charge in [0.2, 0.25) is 0 Å². The van der Waals surface area contributed by atoms with Crippen molar-refractivity contribution >= 4 is 50.9 Å². The molecule has 0 N–H and O–H groups in total. The monoisotopic (exact) mass is 662 g/mol. The van der Waals surface area contributed by atoms with Crippen molar-refractivity contribution in [1.29, 1.82) is 0 Å². The summed E-state index contributed by atoms with van der Waals surface area (Å²) < 4.78 is 53.2. The van der Waals surface area contributed by atoms with Crippen molar-refractivity contribution in [3.63, 3.8) is 0 Å². The molecule has 0 heterocycles. The third-order valence-electron chi connectivity index (χ3n) is 7.17. The zero-order valence-corrected chi connectivity index (χ0v) is 33.7. The molecule has 0 aromatic rings. The third-order valence-corrected chi connectivity index (χ3v) is 28.5. The van der Waals surface area contributed by atoms with Crippen molar-refractivity contribution in [2.24, 2.45) is 0 Å². The average molecular weight is 663 g/mol. The third kappa shape index (κ3) is 16.4. The molecule has 236 valence electrons. The van der Waals surface area contributed by atoms with Crippen molar-refractivity contribution in [2.45, 2.75) is 101 Å². The Morgan fingerprint density at radius 3 is 0.872 bits per heavy atom. The van der Waals surface area contributed by atoms with Gasteiger partial charge >= 0.3 is 17.6 Å². The molecule has 15 heteroatoms. The smallest absolute Gasteiger partial charge is 0.456 e. The van der Waals surface area contributed by atoms with Crippen LogP contribution in [0.2, 0.25) is 88.6 Å². The molecule has 0 rings (SSSR count). The first kappa shape index (κ1) is 39.9. The molecule has 0 amide bonds. The number of ether oxygens (including phenoxy) is 1. The summed E-state index contributed by atoms with van der Waals surface area (Å²) in [5, 5.41) is 0. The van der Waals surface area contributed by atoms with Crippen LogP contribution in [0.5, 0.6) is 0 Å². The van der Waals surface area contributed by atoms with Crippen LogP contribution >= 0.6 is 0 Å². The highest BCUT2D eigenvalue weighted by Gasteiger charge is 2.43. The Morgan fingerprint density at radius 1 is 0.359 bits per heavy atom. The van der Waals surface area contributed by atoms with E-state index in [1.807, 2.05) is 0 Å². The minimum absolute atomic E-state index is 0.787. The van der Waals surface area contributed by atoms with Crippen molar-refractivity contribution in [1.82, 2.24) is 0 Å². The van der Waals surface area contributed by atoms with E-state index in [1.54, 1.807) is 42.7 Å². The summed E-state index contributed by atoms with van der Waals surface area (Å²) in [4.78, 5) is 0. The van der Waals surface area contributed by atoms with E-state index in [2.05, 4.69) is 52.4 Å². The van der Waals surface area contributed by atoms with E-state index in [4.69, 9.17) is 39.5 Å². The predicted octanol–water partition coefficient (Wildman–Crippen LogP) is 6.39. The van der Waals surface area contributed by atoms with Crippen LogP contribution in [0.3, 0.4) is 0 Å². The summed E-state index contributed by atoms with van der Waals surface area (Å²) in [7, 11) is -2.34. The van der Waals surface area contributed by atoms with Gasteiger partial charge in [-0.25, -0.2) is 0 Å². The summed E-state index contributed by atoms with van der Waals surface area (Å²) in [6.45, 7) is 20.0. The van der Waals surface area contributed by atoms with Crippen LogP contribution in [0, 0.1) is 0 Å². The standard InChI is InChI=1S/C24H62O9Si6/c1-25-38(26-2,27-3)23-21-36(11,12)32-34(7,8)19-15-17-31-18-16-20-35(9,10)33-37(13,14)22-24-39(28-4,29-5)30-6/h15-24H2,1-14H3. The van der Waals surface area contributed by atoms with E-state index in [-0.39, 0.29) is 0 Å². The average Bonchev–Trinajstić information content (AvgIpc) is 2.84. The van der Waals surface area contributed by atoms with Gasteiger partial charge in [0.25, 0.3) is 0 Å². The molecule has 0 aromatic heterocycles. The van der Waals surface area contributed by atoms with E-state index in [1.165, 1.54) is 0 Å². The lowest BCUT2D eigenvalue weighted by atomic mass is 10.5. The molecule has 0 aromatic carbocycles. The highest BCUT2D eigenvalue weighted by molar-refractivity contribution is 6.86. The Morgan fingerprint density at radius 2 is 0.615 bits per heavy atom. The first-order chi connectivity index (χ1) is 17.9. The van der Waals surface area contributed by atoms with Gasteiger partial charge in [-0.3, -0.25) is 0 Å². The van der Waals surface area contributed by atoms with Gasteiger partial charge in [0.1, 0.15) is 0 Å². The Kier molecular flexibility index (Phi) is 18.3. The van der Waals surface area contributed by atoms with Crippen molar-refractivity contribution < 1.29 is 39.5 Å². The molecule has 0 bridgehead atoms. The second-order valence-corrected chi connectivity index (χ2v) is 36.5. The van der Waals surface area contributed by atoms with Gasteiger partial charge < -0.3 is 39.5 Å². The molecule has 39 heavy (non-hydrogen) atoms. The fourth-order valence-corrected chi connectivity index (χ4v) is 30.1. The van der Waals surface area contributed by atoms with Crippen LogP contribution in [0.15, 0.2) is 0 Å². The molecular weight excluding hydrogens is 601 g/mol. The molecule has 0 atom stereocenters. The summed E-state index contributed by atoms with van der Waals surface area (Å²) in [6, 6.07) is 5.73. The van der Waals surface area contributed by atoms with E-state index in [9.17, 15) is 0 Å². The van der Waals surface area contributed by atoms with Gasteiger partial charge in [-0.1, -0.05) is 0 Å². The van der Waals surface area contributed by atoms with E-state index < -0.39 is 50.9 Å². The van der Waals surface area contributed by atoms with E-state index in [0.717, 1.165) is 62.3 Å². The molecule has 0 aliphatic rings. The summed E-state index contributed by atoms with van der Waals surface area (Å²) >= 11 is 0. The highest BCUT2D eigenvalue weighted by atomic mass is 28.4. The topological polar surface area (TPSA) is 83.1 Å². The molecule has 0 radical (unpaired) electrons. The normalized spacial score (nSPS) is 14.3. The quantitative estimate of drug-likeness (QED) is 0.0862. The Balaban J connectivity index is 4.40. The number of hydrogen-bond donors (Lipinski definition) is 0. The molecule has 0 unspecified atom stereocenters. The van der Waals surface area contributed by atoms with Crippen molar-refractivity contribution in [3.8, 4) is 0 Å². The molecule has 0 spiro atoms. The van der Waals surface area contributed by atoms with Crippen LogP contribution in [0.25, 0.3) is 0 Å². The maximum Gasteiger partial charge on any atom is 0.499 e. The Labute approximate surface area is 247 Å². The lowest BCUT2D eigenvalue weighted by Gasteiger charge is -2.36. The number of hydrogen-bond acceptors (Lipinski definition) is 9. The molecule has 0 saturated heterocycles. The van der Waals surface area contributed by atoms with Crippen LogP contribution < -0.4 is 0 Å². The molecule has 0 aliphatic carbocycles.